The van der Waals surface area contributed by atoms with E-state index < -0.39 is 5.91 Å². The summed E-state index contributed by atoms with van der Waals surface area (Å²) >= 11 is 0. The molecule has 19 heavy (non-hydrogen) atoms. The molecule has 0 unspecified atom stereocenters. The van der Waals surface area contributed by atoms with Gasteiger partial charge in [0.15, 0.2) is 5.82 Å². The van der Waals surface area contributed by atoms with E-state index in [4.69, 9.17) is 4.52 Å². The van der Waals surface area contributed by atoms with Gasteiger partial charge in [-0.15, -0.1) is 0 Å². The lowest BCUT2D eigenvalue weighted by atomic mass is 10.4. The van der Waals surface area contributed by atoms with Crippen molar-refractivity contribution in [3.05, 3.63) is 23.9 Å². The van der Waals surface area contributed by atoms with Gasteiger partial charge in [-0.25, -0.2) is 4.98 Å². The summed E-state index contributed by atoms with van der Waals surface area (Å²) in [4.78, 5) is 23.8. The van der Waals surface area contributed by atoms with Gasteiger partial charge in [0.2, 0.25) is 0 Å². The third-order valence-corrected chi connectivity index (χ3v) is 2.17. The normalized spacial score (nSPS) is 10.2. The van der Waals surface area contributed by atoms with E-state index in [9.17, 15) is 4.79 Å². The largest absolute Gasteiger partial charge is 0.369 e. The molecule has 2 aromatic heterocycles. The molecule has 0 spiro atoms. The molecule has 1 amide bonds. The lowest BCUT2D eigenvalue weighted by molar-refractivity contribution is 0.101. The summed E-state index contributed by atoms with van der Waals surface area (Å²) in [6.45, 7) is 4.46. The van der Waals surface area contributed by atoms with E-state index in [0.29, 0.717) is 11.6 Å². The Labute approximate surface area is 109 Å². The number of amides is 1. The molecule has 2 N–H and O–H groups in total. The molecule has 0 bridgehead atoms. The highest BCUT2D eigenvalue weighted by molar-refractivity contribution is 6.01. The zero-order valence-electron chi connectivity index (χ0n) is 10.7. The van der Waals surface area contributed by atoms with Crippen molar-refractivity contribution in [2.75, 3.05) is 17.2 Å². The van der Waals surface area contributed by atoms with Gasteiger partial charge in [0.25, 0.3) is 5.91 Å². The monoisotopic (exact) mass is 262 g/mol. The summed E-state index contributed by atoms with van der Waals surface area (Å²) in [7, 11) is 0. The van der Waals surface area contributed by atoms with Crippen LogP contribution >= 0.6 is 0 Å². The number of carbonyl (C=O) groups excluding carboxylic acids is 1. The van der Waals surface area contributed by atoms with Crippen molar-refractivity contribution >= 4 is 17.7 Å². The van der Waals surface area contributed by atoms with E-state index in [1.165, 1.54) is 6.20 Å². The SMILES string of the molecule is CCCNc1cncc(C(=O)Nc2nc(C)no2)n1. The van der Waals surface area contributed by atoms with Crippen molar-refractivity contribution in [1.82, 2.24) is 20.1 Å². The first kappa shape index (κ1) is 12.9. The predicted octanol–water partition coefficient (Wildman–Crippen LogP) is 1.24. The zero-order valence-corrected chi connectivity index (χ0v) is 10.7. The minimum atomic E-state index is -0.448. The van der Waals surface area contributed by atoms with Crippen LogP contribution in [0.1, 0.15) is 29.7 Å². The fraction of sp³-hybridized carbons (Fsp3) is 0.364. The summed E-state index contributed by atoms with van der Waals surface area (Å²) in [5, 5.41) is 9.08. The summed E-state index contributed by atoms with van der Waals surface area (Å²) in [5.74, 6) is 0.548. The molecule has 2 aromatic rings. The molecule has 8 heteroatoms. The predicted molar refractivity (Wildman–Crippen MR) is 67.8 cm³/mol. The minimum absolute atomic E-state index is 0.0382. The highest BCUT2D eigenvalue weighted by atomic mass is 16.5. The molecule has 2 heterocycles. The van der Waals surface area contributed by atoms with E-state index in [1.54, 1.807) is 13.1 Å². The van der Waals surface area contributed by atoms with Gasteiger partial charge in [0.05, 0.1) is 12.4 Å². The Morgan fingerprint density at radius 2 is 2.21 bits per heavy atom. The maximum absolute atomic E-state index is 11.9. The van der Waals surface area contributed by atoms with E-state index in [0.717, 1.165) is 13.0 Å². The summed E-state index contributed by atoms with van der Waals surface area (Å²) in [5.41, 5.74) is 0.178. The van der Waals surface area contributed by atoms with Gasteiger partial charge < -0.3 is 9.84 Å². The van der Waals surface area contributed by atoms with Gasteiger partial charge in [-0.05, 0) is 13.3 Å². The standard InChI is InChI=1S/C11H14N6O2/c1-3-4-13-9-6-12-5-8(15-9)10(18)16-11-14-7(2)17-19-11/h5-6H,3-4H2,1-2H3,(H,13,15)(H,14,16,17,18). The van der Waals surface area contributed by atoms with Crippen LogP contribution in [-0.2, 0) is 0 Å². The molecular formula is C11H14N6O2. The van der Waals surface area contributed by atoms with E-state index in [1.807, 2.05) is 6.92 Å². The smallest absolute Gasteiger partial charge is 0.328 e. The van der Waals surface area contributed by atoms with Crippen molar-refractivity contribution in [2.24, 2.45) is 0 Å². The van der Waals surface area contributed by atoms with Crippen molar-refractivity contribution < 1.29 is 9.32 Å². The first-order valence-electron chi connectivity index (χ1n) is 5.86. The number of nitrogens with zero attached hydrogens (tertiary/aromatic N) is 4. The molecule has 0 atom stereocenters. The molecule has 0 saturated heterocycles. The van der Waals surface area contributed by atoms with Crippen LogP contribution in [0.3, 0.4) is 0 Å². The van der Waals surface area contributed by atoms with Crippen molar-refractivity contribution in [3.63, 3.8) is 0 Å². The Hall–Kier alpha value is -2.51. The Balaban J connectivity index is 2.06. The van der Waals surface area contributed by atoms with Gasteiger partial charge in [0.1, 0.15) is 11.5 Å². The molecule has 2 rings (SSSR count). The Kier molecular flexibility index (Phi) is 4.01. The Morgan fingerprint density at radius 1 is 1.37 bits per heavy atom. The molecule has 0 aliphatic heterocycles. The van der Waals surface area contributed by atoms with Crippen LogP contribution in [0.2, 0.25) is 0 Å². The average Bonchev–Trinajstić information content (AvgIpc) is 2.82. The molecule has 100 valence electrons. The third-order valence-electron chi connectivity index (χ3n) is 2.17. The highest BCUT2D eigenvalue weighted by Crippen LogP contribution is 2.07. The number of nitrogens with one attached hydrogen (secondary N) is 2. The van der Waals surface area contributed by atoms with Gasteiger partial charge in [-0.2, -0.15) is 4.98 Å². The van der Waals surface area contributed by atoms with Crippen molar-refractivity contribution in [2.45, 2.75) is 20.3 Å². The molecule has 0 saturated carbocycles. The Morgan fingerprint density at radius 3 is 2.89 bits per heavy atom. The fourth-order valence-electron chi connectivity index (χ4n) is 1.32. The van der Waals surface area contributed by atoms with Crippen LogP contribution in [-0.4, -0.2) is 32.6 Å². The zero-order chi connectivity index (χ0) is 13.7. The number of hydrogen-bond acceptors (Lipinski definition) is 7. The van der Waals surface area contributed by atoms with E-state index >= 15 is 0 Å². The maximum Gasteiger partial charge on any atom is 0.328 e. The lowest BCUT2D eigenvalue weighted by Crippen LogP contribution is -2.15. The number of aromatic nitrogens is 4. The van der Waals surface area contributed by atoms with Crippen LogP contribution < -0.4 is 10.6 Å². The number of anilines is 2. The second kappa shape index (κ2) is 5.89. The van der Waals surface area contributed by atoms with E-state index in [2.05, 4.69) is 30.7 Å². The number of hydrogen-bond donors (Lipinski definition) is 2. The maximum atomic E-state index is 11.9. The molecule has 0 aliphatic carbocycles. The summed E-state index contributed by atoms with van der Waals surface area (Å²) < 4.78 is 4.79. The van der Waals surface area contributed by atoms with E-state index in [-0.39, 0.29) is 11.7 Å². The van der Waals surface area contributed by atoms with Gasteiger partial charge in [-0.1, -0.05) is 12.1 Å². The molecule has 8 nitrogen and oxygen atoms in total. The van der Waals surface area contributed by atoms with Crippen LogP contribution in [0.5, 0.6) is 0 Å². The van der Waals surface area contributed by atoms with Crippen LogP contribution in [0, 0.1) is 6.92 Å². The minimum Gasteiger partial charge on any atom is -0.369 e. The molecule has 0 aromatic carbocycles. The number of aryl methyl sites for hydroxylation is 1. The van der Waals surface area contributed by atoms with Crippen LogP contribution in [0.25, 0.3) is 0 Å². The quantitative estimate of drug-likeness (QED) is 0.834. The first-order chi connectivity index (χ1) is 9.19. The summed E-state index contributed by atoms with van der Waals surface area (Å²) in [6.07, 6.45) is 3.89. The molecule has 0 fully saturated rings. The van der Waals surface area contributed by atoms with Gasteiger partial charge in [0, 0.05) is 6.54 Å². The molecular weight excluding hydrogens is 248 g/mol. The molecule has 0 aliphatic rings. The van der Waals surface area contributed by atoms with Gasteiger partial charge >= 0.3 is 6.01 Å². The molecule has 0 radical (unpaired) electrons. The van der Waals surface area contributed by atoms with Crippen LogP contribution in [0.15, 0.2) is 16.9 Å². The third kappa shape index (κ3) is 3.47. The number of rotatable bonds is 5. The fourth-order valence-corrected chi connectivity index (χ4v) is 1.32. The number of carbonyl (C=O) groups is 1. The first-order valence-corrected chi connectivity index (χ1v) is 5.86. The second-order valence-corrected chi connectivity index (χ2v) is 3.82. The Bertz CT molecular complexity index is 568. The lowest BCUT2D eigenvalue weighted by Gasteiger charge is -2.04. The average molecular weight is 262 g/mol. The van der Waals surface area contributed by atoms with Crippen molar-refractivity contribution in [1.29, 1.82) is 0 Å². The summed E-state index contributed by atoms with van der Waals surface area (Å²) in [6, 6.07) is 0.0382. The van der Waals surface area contributed by atoms with Gasteiger partial charge in [-0.3, -0.25) is 15.1 Å². The second-order valence-electron chi connectivity index (χ2n) is 3.82. The highest BCUT2D eigenvalue weighted by Gasteiger charge is 2.12. The topological polar surface area (TPSA) is 106 Å². The van der Waals surface area contributed by atoms with Crippen LogP contribution in [0.4, 0.5) is 11.8 Å². The van der Waals surface area contributed by atoms with Crippen molar-refractivity contribution in [3.8, 4) is 0 Å².